The molecule has 1 aliphatic rings. The molecule has 290 valence electrons. The van der Waals surface area contributed by atoms with Gasteiger partial charge in [-0.1, -0.05) is 18.2 Å². The average Bonchev–Trinajstić information content (AvgIpc) is 3.58. The standard InChI is InChI=1S/C36H31F5N4O3.C2HF3O2/c1-48-24-10-8-23(9-11-24)42-14-3-7-33(46)44-34-28(37)18-22(19-29(34)38)35(47)32-13-12-31-25(6-4-16-45(31)32)26-20-30-21(5-2-15-43-30)17-27(26)36(39,40)41;3-2(4,5)1(6)7/h2-7,12-13,15-20,23-24,42H,8-11,14H2,1H3,(H,44,46);(H,6,7)/b7-3+;. The number of carboxylic acids is 1. The lowest BCUT2D eigenvalue weighted by Crippen LogP contribution is -2.35. The number of amides is 1. The molecular formula is C38H32F8N4O5. The van der Waals surface area contributed by atoms with Crippen LogP contribution in [0.4, 0.5) is 40.8 Å². The van der Waals surface area contributed by atoms with Crippen molar-refractivity contribution in [3.63, 3.8) is 0 Å². The molecule has 2 aromatic carbocycles. The maximum Gasteiger partial charge on any atom is 0.490 e. The van der Waals surface area contributed by atoms with Gasteiger partial charge < -0.3 is 24.9 Å². The molecule has 0 atom stereocenters. The number of fused-ring (bicyclic) bond motifs is 2. The molecule has 1 aliphatic carbocycles. The molecule has 3 N–H and O–H groups in total. The van der Waals surface area contributed by atoms with E-state index in [1.54, 1.807) is 19.3 Å². The molecule has 1 saturated carbocycles. The van der Waals surface area contributed by atoms with Crippen molar-refractivity contribution in [3.8, 4) is 11.1 Å². The Kier molecular flexibility index (Phi) is 12.4. The summed E-state index contributed by atoms with van der Waals surface area (Å²) in [6.45, 7) is 0.399. The number of halogens is 8. The second-order valence-corrected chi connectivity index (χ2v) is 12.4. The third kappa shape index (κ3) is 9.71. The predicted octanol–water partition coefficient (Wildman–Crippen LogP) is 8.36. The Balaban J connectivity index is 0.000000757. The Morgan fingerprint density at radius 2 is 1.60 bits per heavy atom. The summed E-state index contributed by atoms with van der Waals surface area (Å²) in [4.78, 5) is 39.0. The van der Waals surface area contributed by atoms with E-state index in [0.717, 1.165) is 43.9 Å². The van der Waals surface area contributed by atoms with Gasteiger partial charge in [-0.05, 0) is 79.8 Å². The van der Waals surface area contributed by atoms with Gasteiger partial charge in [-0.25, -0.2) is 13.6 Å². The summed E-state index contributed by atoms with van der Waals surface area (Å²) in [5, 5.41) is 12.9. The Hall–Kier alpha value is -5.68. The number of aromatic nitrogens is 2. The molecular weight excluding hydrogens is 744 g/mol. The molecule has 0 aliphatic heterocycles. The van der Waals surface area contributed by atoms with E-state index in [1.807, 2.05) is 0 Å². The minimum absolute atomic E-state index is 0.0268. The number of benzene rings is 2. The fourth-order valence-electron chi connectivity index (χ4n) is 6.17. The molecule has 0 spiro atoms. The van der Waals surface area contributed by atoms with Crippen LogP contribution in [0.1, 0.15) is 47.3 Å². The maximum atomic E-state index is 15.1. The number of rotatable bonds is 9. The molecule has 3 aromatic heterocycles. The van der Waals surface area contributed by atoms with E-state index in [-0.39, 0.29) is 34.0 Å². The van der Waals surface area contributed by atoms with E-state index < -0.39 is 52.9 Å². The second-order valence-electron chi connectivity index (χ2n) is 12.4. The number of nitrogens with one attached hydrogen (secondary N) is 2. The fourth-order valence-corrected chi connectivity index (χ4v) is 6.17. The van der Waals surface area contributed by atoms with Gasteiger partial charge in [0, 0.05) is 54.7 Å². The Morgan fingerprint density at radius 1 is 0.927 bits per heavy atom. The van der Waals surface area contributed by atoms with Crippen molar-refractivity contribution in [3.05, 3.63) is 114 Å². The van der Waals surface area contributed by atoms with Crippen molar-refractivity contribution < 1.29 is 59.4 Å². The summed E-state index contributed by atoms with van der Waals surface area (Å²) in [7, 11) is 1.70. The first-order chi connectivity index (χ1) is 26.0. The highest BCUT2D eigenvalue weighted by molar-refractivity contribution is 6.09. The molecule has 0 bridgehead atoms. The highest BCUT2D eigenvalue weighted by Crippen LogP contribution is 2.41. The summed E-state index contributed by atoms with van der Waals surface area (Å²) in [6.07, 6.45) is -0.0230. The highest BCUT2D eigenvalue weighted by Gasteiger charge is 2.38. The highest BCUT2D eigenvalue weighted by atomic mass is 19.4. The molecule has 9 nitrogen and oxygen atoms in total. The minimum Gasteiger partial charge on any atom is -0.475 e. The summed E-state index contributed by atoms with van der Waals surface area (Å²) in [5.74, 6) is -6.60. The molecule has 1 amide bonds. The normalized spacial score (nSPS) is 16.2. The van der Waals surface area contributed by atoms with Crippen LogP contribution in [0.5, 0.6) is 0 Å². The van der Waals surface area contributed by atoms with Gasteiger partial charge in [0.2, 0.25) is 11.7 Å². The number of nitrogens with zero attached hydrogens (tertiary/aromatic N) is 2. The molecule has 1 fully saturated rings. The Labute approximate surface area is 307 Å². The summed E-state index contributed by atoms with van der Waals surface area (Å²) < 4.78 is 111. The van der Waals surface area contributed by atoms with E-state index in [0.29, 0.717) is 23.5 Å². The number of ether oxygens (including phenoxy) is 1. The molecule has 17 heteroatoms. The van der Waals surface area contributed by atoms with Gasteiger partial charge in [-0.15, -0.1) is 0 Å². The van der Waals surface area contributed by atoms with Crippen molar-refractivity contribution in [1.29, 1.82) is 0 Å². The zero-order valence-corrected chi connectivity index (χ0v) is 28.8. The number of anilines is 1. The van der Waals surface area contributed by atoms with Gasteiger partial charge in [0.25, 0.3) is 0 Å². The number of alkyl halides is 6. The first-order valence-electron chi connectivity index (χ1n) is 16.6. The van der Waals surface area contributed by atoms with E-state index in [4.69, 9.17) is 14.6 Å². The number of hydrogen-bond acceptors (Lipinski definition) is 6. The monoisotopic (exact) mass is 776 g/mol. The molecule has 6 rings (SSSR count). The van der Waals surface area contributed by atoms with Crippen LogP contribution in [0.3, 0.4) is 0 Å². The summed E-state index contributed by atoms with van der Waals surface area (Å²) >= 11 is 0. The van der Waals surface area contributed by atoms with Gasteiger partial charge in [0.15, 0.2) is 0 Å². The zero-order chi connectivity index (χ0) is 40.1. The van der Waals surface area contributed by atoms with Gasteiger partial charge >= 0.3 is 18.3 Å². The minimum atomic E-state index is -5.08. The first-order valence-corrected chi connectivity index (χ1v) is 16.6. The second kappa shape index (κ2) is 16.8. The summed E-state index contributed by atoms with van der Waals surface area (Å²) in [5.41, 5.74) is -1.27. The number of hydrogen-bond donors (Lipinski definition) is 3. The third-order valence-electron chi connectivity index (χ3n) is 8.86. The van der Waals surface area contributed by atoms with Crippen molar-refractivity contribution in [2.24, 2.45) is 0 Å². The van der Waals surface area contributed by atoms with E-state index >= 15 is 8.78 Å². The fraction of sp³-hybridized carbons (Fsp3) is 0.263. The van der Waals surface area contributed by atoms with Crippen molar-refractivity contribution in [1.82, 2.24) is 14.7 Å². The lowest BCUT2D eigenvalue weighted by molar-refractivity contribution is -0.192. The molecule has 0 unspecified atom stereocenters. The molecule has 5 aromatic rings. The third-order valence-corrected chi connectivity index (χ3v) is 8.86. The number of carboxylic acid groups (broad SMARTS) is 1. The van der Waals surface area contributed by atoms with Crippen molar-refractivity contribution >= 4 is 39.8 Å². The number of carbonyl (C=O) groups is 3. The van der Waals surface area contributed by atoms with Gasteiger partial charge in [0.1, 0.15) is 17.3 Å². The quantitative estimate of drug-likeness (QED) is 0.0782. The van der Waals surface area contributed by atoms with Crippen LogP contribution in [-0.4, -0.2) is 64.1 Å². The van der Waals surface area contributed by atoms with Crippen LogP contribution in [-0.2, 0) is 20.5 Å². The van der Waals surface area contributed by atoms with Crippen LogP contribution >= 0.6 is 0 Å². The Bertz CT molecular complexity index is 2220. The van der Waals surface area contributed by atoms with E-state index in [2.05, 4.69) is 15.6 Å². The maximum absolute atomic E-state index is 15.1. The first kappa shape index (κ1) is 40.5. The SMILES string of the molecule is COC1CCC(NC/C=C/C(=O)Nc2c(F)cc(C(=O)c3ccc4c(-c5cc6ncccc6cc5C(F)(F)F)cccn34)cc2F)CC1.O=C(O)C(F)(F)F. The predicted molar refractivity (Wildman–Crippen MR) is 185 cm³/mol. The average molecular weight is 777 g/mol. The van der Waals surface area contributed by atoms with E-state index in [9.17, 15) is 35.9 Å². The van der Waals surface area contributed by atoms with Crippen LogP contribution in [0.15, 0.2) is 85.2 Å². The van der Waals surface area contributed by atoms with Crippen LogP contribution < -0.4 is 10.6 Å². The number of pyridine rings is 2. The molecule has 0 radical (unpaired) electrons. The lowest BCUT2D eigenvalue weighted by atomic mass is 9.93. The smallest absolute Gasteiger partial charge is 0.475 e. The largest absolute Gasteiger partial charge is 0.490 e. The molecule has 0 saturated heterocycles. The van der Waals surface area contributed by atoms with Gasteiger partial charge in [0.05, 0.1) is 28.4 Å². The Morgan fingerprint density at radius 3 is 2.22 bits per heavy atom. The van der Waals surface area contributed by atoms with Crippen LogP contribution in [0.2, 0.25) is 0 Å². The molecule has 55 heavy (non-hydrogen) atoms. The number of carbonyl (C=O) groups excluding carboxylic acids is 2. The van der Waals surface area contributed by atoms with Crippen molar-refractivity contribution in [2.75, 3.05) is 19.0 Å². The summed E-state index contributed by atoms with van der Waals surface area (Å²) in [6, 6.07) is 13.2. The number of aliphatic carboxylic acids is 1. The number of ketones is 1. The van der Waals surface area contributed by atoms with Gasteiger partial charge in [-0.3, -0.25) is 14.6 Å². The van der Waals surface area contributed by atoms with Crippen LogP contribution in [0, 0.1) is 11.6 Å². The lowest BCUT2D eigenvalue weighted by Gasteiger charge is -2.27. The van der Waals surface area contributed by atoms with Crippen molar-refractivity contribution in [2.45, 2.75) is 50.2 Å². The van der Waals surface area contributed by atoms with Crippen LogP contribution in [0.25, 0.3) is 27.5 Å². The van der Waals surface area contributed by atoms with E-state index in [1.165, 1.54) is 59.3 Å². The zero-order valence-electron chi connectivity index (χ0n) is 28.8. The molecule has 3 heterocycles. The topological polar surface area (TPSA) is 122 Å². The van der Waals surface area contributed by atoms with Gasteiger partial charge in [-0.2, -0.15) is 26.3 Å². The number of methoxy groups -OCH3 is 1.